The first kappa shape index (κ1) is 37.7. The number of carboxylic acids is 1. The number of nitrogens with two attached hydrogens (primary N) is 2. The molecular weight excluding hydrogens is 600 g/mol. The number of rotatable bonds is 21. The van der Waals surface area contributed by atoms with Gasteiger partial charge in [0.2, 0.25) is 5.95 Å². The smallest absolute Gasteiger partial charge is 0.326 e. The number of amides is 1. The standard InChI is InChI=1S/C19H19N7O5.C11H25NO3/c20-19-25-15-14(17(29)26-19)23-12(9-22-15)8-21-11-5-3-10(4-6-11)16(28)24-13(18(30)31)2-1-7-27;1-2-3-6-13-8-10-15-11-9-14-7-4-5-12/h3-7,9,13,21H,1-2,8H2,(H,24,28)(H,30,31)(H3,20,22,25,26,29);2-12H2,1H3/t13-;/m0./s1. The molecule has 1 atom stereocenters. The molecule has 0 aliphatic rings. The fourth-order valence-electron chi connectivity index (χ4n) is 3.70. The normalized spacial score (nSPS) is 11.3. The quantitative estimate of drug-likeness (QED) is 0.0706. The van der Waals surface area contributed by atoms with Crippen LogP contribution in [-0.4, -0.2) is 95.4 Å². The molecule has 0 bridgehead atoms. The molecule has 252 valence electrons. The topological polar surface area (TPSA) is 247 Å². The lowest BCUT2D eigenvalue weighted by molar-refractivity contribution is -0.139. The second-order valence-corrected chi connectivity index (χ2v) is 9.86. The number of nitrogen functional groups attached to an aromatic ring is 1. The second kappa shape index (κ2) is 22.1. The Bertz CT molecular complexity index is 1390. The average Bonchev–Trinajstić information content (AvgIpc) is 3.05. The lowest BCUT2D eigenvalue weighted by atomic mass is 10.1. The van der Waals surface area contributed by atoms with Crippen LogP contribution >= 0.6 is 0 Å². The number of nitrogens with one attached hydrogen (secondary N) is 3. The molecule has 1 amide bonds. The number of ether oxygens (including phenoxy) is 3. The van der Waals surface area contributed by atoms with Crippen molar-refractivity contribution < 1.29 is 33.7 Å². The van der Waals surface area contributed by atoms with Gasteiger partial charge in [-0.2, -0.15) is 4.98 Å². The summed E-state index contributed by atoms with van der Waals surface area (Å²) in [5.74, 6) is -1.81. The summed E-state index contributed by atoms with van der Waals surface area (Å²) in [6, 6.07) is 5.19. The number of carboxylic acid groups (broad SMARTS) is 1. The first-order valence-electron chi connectivity index (χ1n) is 15.0. The minimum atomic E-state index is -1.21. The predicted molar refractivity (Wildman–Crippen MR) is 171 cm³/mol. The number of carbonyl (C=O) groups excluding carboxylic acids is 2. The molecule has 46 heavy (non-hydrogen) atoms. The SMILES string of the molecule is CCCCOCCOCCOCCCN.Nc1nc2ncc(CNc3ccc(C(=O)N[C@@H](CCC=O)C(=O)O)cc3)nc2c(=O)[nH]1. The highest BCUT2D eigenvalue weighted by Crippen LogP contribution is 2.12. The molecule has 1 aromatic carbocycles. The van der Waals surface area contributed by atoms with Gasteiger partial charge in [0.15, 0.2) is 11.2 Å². The predicted octanol–water partition coefficient (Wildman–Crippen LogP) is 1.25. The summed E-state index contributed by atoms with van der Waals surface area (Å²) in [5.41, 5.74) is 12.0. The largest absolute Gasteiger partial charge is 0.480 e. The zero-order valence-electron chi connectivity index (χ0n) is 26.0. The number of aromatic nitrogens is 4. The Balaban J connectivity index is 0.000000415. The van der Waals surface area contributed by atoms with Crippen molar-refractivity contribution in [3.05, 3.63) is 52.1 Å². The molecule has 0 unspecified atom stereocenters. The minimum absolute atomic E-state index is 0.0158. The summed E-state index contributed by atoms with van der Waals surface area (Å²) in [6.45, 7) is 7.29. The van der Waals surface area contributed by atoms with E-state index in [1.54, 1.807) is 12.1 Å². The lowest BCUT2D eigenvalue weighted by Crippen LogP contribution is -2.40. The van der Waals surface area contributed by atoms with Crippen LogP contribution in [0.1, 0.15) is 55.1 Å². The monoisotopic (exact) mass is 644 g/mol. The third kappa shape index (κ3) is 14.5. The number of anilines is 2. The molecule has 3 aromatic rings. The zero-order chi connectivity index (χ0) is 33.6. The lowest BCUT2D eigenvalue weighted by Gasteiger charge is -2.13. The molecule has 0 radical (unpaired) electrons. The van der Waals surface area contributed by atoms with Crippen LogP contribution in [0.3, 0.4) is 0 Å². The summed E-state index contributed by atoms with van der Waals surface area (Å²) in [7, 11) is 0. The third-order valence-electron chi connectivity index (χ3n) is 6.16. The molecule has 0 spiro atoms. The summed E-state index contributed by atoms with van der Waals surface area (Å²) in [6.07, 6.45) is 5.34. The summed E-state index contributed by atoms with van der Waals surface area (Å²) >= 11 is 0. The highest BCUT2D eigenvalue weighted by Gasteiger charge is 2.20. The van der Waals surface area contributed by atoms with E-state index >= 15 is 0 Å². The Labute approximate surface area is 266 Å². The van der Waals surface area contributed by atoms with Crippen LogP contribution in [0.4, 0.5) is 11.6 Å². The fraction of sp³-hybridized carbons (Fsp3) is 0.500. The van der Waals surface area contributed by atoms with Crippen LogP contribution in [0.5, 0.6) is 0 Å². The molecule has 16 heteroatoms. The van der Waals surface area contributed by atoms with E-state index in [9.17, 15) is 19.2 Å². The molecular formula is C30H44N8O8. The van der Waals surface area contributed by atoms with E-state index in [0.717, 1.165) is 26.1 Å². The minimum Gasteiger partial charge on any atom is -0.480 e. The van der Waals surface area contributed by atoms with Gasteiger partial charge in [-0.1, -0.05) is 13.3 Å². The van der Waals surface area contributed by atoms with Gasteiger partial charge < -0.3 is 46.2 Å². The molecule has 0 fully saturated rings. The maximum absolute atomic E-state index is 12.2. The van der Waals surface area contributed by atoms with Crippen LogP contribution in [-0.2, 0) is 30.3 Å². The van der Waals surface area contributed by atoms with Gasteiger partial charge in [0.1, 0.15) is 12.3 Å². The van der Waals surface area contributed by atoms with E-state index in [2.05, 4.69) is 37.5 Å². The van der Waals surface area contributed by atoms with Gasteiger partial charge in [-0.05, 0) is 50.1 Å². The van der Waals surface area contributed by atoms with Crippen molar-refractivity contribution in [3.8, 4) is 0 Å². The van der Waals surface area contributed by atoms with E-state index < -0.39 is 23.5 Å². The highest BCUT2D eigenvalue weighted by atomic mass is 16.5. The fourth-order valence-corrected chi connectivity index (χ4v) is 3.70. The molecule has 2 heterocycles. The molecule has 3 rings (SSSR count). The number of nitrogens with zero attached hydrogens (tertiary/aromatic N) is 3. The number of fused-ring (bicyclic) bond motifs is 1. The molecule has 0 aliphatic heterocycles. The van der Waals surface area contributed by atoms with Crippen LogP contribution in [0.2, 0.25) is 0 Å². The van der Waals surface area contributed by atoms with Crippen LogP contribution in [0.25, 0.3) is 11.2 Å². The van der Waals surface area contributed by atoms with Crippen molar-refractivity contribution in [2.75, 3.05) is 57.2 Å². The number of carbonyl (C=O) groups is 3. The molecule has 0 aliphatic carbocycles. The summed E-state index contributed by atoms with van der Waals surface area (Å²) < 4.78 is 15.9. The van der Waals surface area contributed by atoms with Gasteiger partial charge >= 0.3 is 5.97 Å². The van der Waals surface area contributed by atoms with Gasteiger partial charge in [0.25, 0.3) is 11.5 Å². The van der Waals surface area contributed by atoms with E-state index in [0.29, 0.717) is 50.6 Å². The van der Waals surface area contributed by atoms with E-state index in [-0.39, 0.29) is 42.1 Å². The number of aldehydes is 1. The van der Waals surface area contributed by atoms with Gasteiger partial charge in [-0.25, -0.2) is 14.8 Å². The van der Waals surface area contributed by atoms with Gasteiger partial charge in [-0.15, -0.1) is 0 Å². The number of aliphatic carboxylic acids is 1. The number of hydrogen-bond acceptors (Lipinski definition) is 13. The molecule has 16 nitrogen and oxygen atoms in total. The number of hydrogen-bond donors (Lipinski definition) is 6. The Morgan fingerprint density at radius 1 is 1.02 bits per heavy atom. The van der Waals surface area contributed by atoms with Crippen molar-refractivity contribution in [1.29, 1.82) is 0 Å². The van der Waals surface area contributed by atoms with Crippen molar-refractivity contribution in [1.82, 2.24) is 25.3 Å². The molecule has 0 saturated carbocycles. The number of H-pyrrole nitrogens is 1. The van der Waals surface area contributed by atoms with Crippen molar-refractivity contribution >= 4 is 41.0 Å². The van der Waals surface area contributed by atoms with Crippen LogP contribution < -0.4 is 27.7 Å². The molecule has 2 aromatic heterocycles. The van der Waals surface area contributed by atoms with E-state index in [1.807, 2.05) is 0 Å². The molecule has 8 N–H and O–H groups in total. The second-order valence-electron chi connectivity index (χ2n) is 9.86. The zero-order valence-corrected chi connectivity index (χ0v) is 26.0. The van der Waals surface area contributed by atoms with Crippen molar-refractivity contribution in [2.45, 2.75) is 51.6 Å². The van der Waals surface area contributed by atoms with E-state index in [1.165, 1.54) is 24.8 Å². The van der Waals surface area contributed by atoms with Crippen LogP contribution in [0.15, 0.2) is 35.3 Å². The maximum atomic E-state index is 12.2. The maximum Gasteiger partial charge on any atom is 0.326 e. The summed E-state index contributed by atoms with van der Waals surface area (Å²) in [4.78, 5) is 60.3. The van der Waals surface area contributed by atoms with Gasteiger partial charge in [0, 0.05) is 30.9 Å². The molecule has 0 saturated heterocycles. The Kier molecular flexibility index (Phi) is 18.1. The Morgan fingerprint density at radius 2 is 1.67 bits per heavy atom. The first-order chi connectivity index (χ1) is 22.3. The number of unbranched alkanes of at least 4 members (excludes halogenated alkanes) is 1. The van der Waals surface area contributed by atoms with Crippen molar-refractivity contribution in [2.24, 2.45) is 5.73 Å². The van der Waals surface area contributed by atoms with Gasteiger partial charge in [-0.3, -0.25) is 14.6 Å². The average molecular weight is 645 g/mol. The number of benzene rings is 1. The van der Waals surface area contributed by atoms with Crippen molar-refractivity contribution in [3.63, 3.8) is 0 Å². The summed E-state index contributed by atoms with van der Waals surface area (Å²) in [5, 5.41) is 14.6. The highest BCUT2D eigenvalue weighted by molar-refractivity contribution is 5.96. The number of aromatic amines is 1. The van der Waals surface area contributed by atoms with Crippen LogP contribution in [0, 0.1) is 0 Å². The Morgan fingerprint density at radius 3 is 2.28 bits per heavy atom. The van der Waals surface area contributed by atoms with E-state index in [4.69, 9.17) is 30.8 Å². The first-order valence-corrected chi connectivity index (χ1v) is 15.0. The Hall–Kier alpha value is -4.51. The third-order valence-corrected chi connectivity index (χ3v) is 6.16. The van der Waals surface area contributed by atoms with Gasteiger partial charge in [0.05, 0.1) is 44.9 Å².